The van der Waals surface area contributed by atoms with E-state index in [1.807, 2.05) is 22.6 Å². The molecule has 0 saturated heterocycles. The summed E-state index contributed by atoms with van der Waals surface area (Å²) in [7, 11) is 1.76. The van der Waals surface area contributed by atoms with Gasteiger partial charge in [-0.25, -0.2) is 15.0 Å². The molecule has 1 amide bonds. The molecule has 2 N–H and O–H groups in total. The van der Waals surface area contributed by atoms with E-state index >= 15 is 0 Å². The Labute approximate surface area is 168 Å². The lowest BCUT2D eigenvalue weighted by atomic mass is 10.1. The number of hydrogen-bond acceptors (Lipinski definition) is 6. The zero-order chi connectivity index (χ0) is 19.4. The SMILES string of the molecule is CN(C(=O)c1cc2c(cn1)nc(N)c1cncn12)C1COc2cc(Br)ccc21. The number of amides is 1. The fraction of sp³-hybridized carbons (Fsp3) is 0.158. The largest absolute Gasteiger partial charge is 0.491 e. The molecular formula is C19H15BrN6O2. The predicted octanol–water partition coefficient (Wildman–Crippen LogP) is 2.83. The van der Waals surface area contributed by atoms with E-state index in [1.165, 1.54) is 0 Å². The van der Waals surface area contributed by atoms with Crippen molar-refractivity contribution in [2.45, 2.75) is 6.04 Å². The van der Waals surface area contributed by atoms with Gasteiger partial charge in [0.2, 0.25) is 0 Å². The number of nitrogens with two attached hydrogens (primary N) is 1. The van der Waals surface area contributed by atoms with Crippen LogP contribution in [0.15, 0.2) is 47.5 Å². The van der Waals surface area contributed by atoms with Crippen molar-refractivity contribution in [3.63, 3.8) is 0 Å². The molecule has 1 atom stereocenters. The Kier molecular flexibility index (Phi) is 3.73. The van der Waals surface area contributed by atoms with Crippen LogP contribution >= 0.6 is 15.9 Å². The fourth-order valence-corrected chi connectivity index (χ4v) is 3.85. The Morgan fingerprint density at radius 3 is 3.04 bits per heavy atom. The summed E-state index contributed by atoms with van der Waals surface area (Å²) in [5, 5.41) is 0. The number of likely N-dealkylation sites (N-methyl/N-ethyl adjacent to an activating group) is 1. The van der Waals surface area contributed by atoms with Crippen molar-refractivity contribution in [2.75, 3.05) is 19.4 Å². The van der Waals surface area contributed by atoms with E-state index in [1.54, 1.807) is 36.7 Å². The van der Waals surface area contributed by atoms with Crippen LogP contribution < -0.4 is 10.5 Å². The van der Waals surface area contributed by atoms with Gasteiger partial charge >= 0.3 is 0 Å². The number of fused-ring (bicyclic) bond motifs is 4. The van der Waals surface area contributed by atoms with Gasteiger partial charge in [-0.3, -0.25) is 9.20 Å². The lowest BCUT2D eigenvalue weighted by Gasteiger charge is -2.23. The molecule has 1 unspecified atom stereocenters. The number of hydrogen-bond donors (Lipinski definition) is 1. The maximum Gasteiger partial charge on any atom is 0.272 e. The van der Waals surface area contributed by atoms with Crippen molar-refractivity contribution in [2.24, 2.45) is 0 Å². The summed E-state index contributed by atoms with van der Waals surface area (Å²) in [4.78, 5) is 27.6. The number of anilines is 1. The summed E-state index contributed by atoms with van der Waals surface area (Å²) in [5.74, 6) is 0.954. The molecule has 1 aromatic carbocycles. The quantitative estimate of drug-likeness (QED) is 0.516. The van der Waals surface area contributed by atoms with E-state index in [9.17, 15) is 4.79 Å². The number of carbonyl (C=O) groups excluding carboxylic acids is 1. The van der Waals surface area contributed by atoms with Crippen LogP contribution in [0.5, 0.6) is 5.75 Å². The second kappa shape index (κ2) is 6.16. The topological polar surface area (TPSA) is 98.6 Å². The summed E-state index contributed by atoms with van der Waals surface area (Å²) >= 11 is 3.44. The number of ether oxygens (including phenoxy) is 1. The monoisotopic (exact) mass is 438 g/mol. The van der Waals surface area contributed by atoms with Gasteiger partial charge in [-0.15, -0.1) is 0 Å². The molecule has 1 aliphatic heterocycles. The molecule has 5 rings (SSSR count). The molecule has 4 aromatic rings. The Hall–Kier alpha value is -3.20. The van der Waals surface area contributed by atoms with Crippen LogP contribution in [0.25, 0.3) is 16.6 Å². The molecule has 3 aromatic heterocycles. The van der Waals surface area contributed by atoms with Crippen molar-refractivity contribution >= 4 is 44.2 Å². The molecular weight excluding hydrogens is 424 g/mol. The van der Waals surface area contributed by atoms with E-state index in [-0.39, 0.29) is 11.9 Å². The summed E-state index contributed by atoms with van der Waals surface area (Å²) < 4.78 is 8.49. The van der Waals surface area contributed by atoms with Crippen LogP contribution in [0.1, 0.15) is 22.1 Å². The Balaban J connectivity index is 1.54. The number of aromatic nitrogens is 4. The predicted molar refractivity (Wildman–Crippen MR) is 107 cm³/mol. The number of imidazole rings is 1. The van der Waals surface area contributed by atoms with Gasteiger partial charge in [0.1, 0.15) is 34.9 Å². The fourth-order valence-electron chi connectivity index (χ4n) is 3.51. The standard InChI is InChI=1S/C19H15BrN6O2/c1-25(16-8-28-17-4-10(20)2-3-11(16)17)19(27)12-5-14-13(6-23-12)24-18(21)15-7-22-9-26(14)15/h2-7,9,16H,8H2,1H3,(H2,21,24). The maximum absolute atomic E-state index is 13.1. The summed E-state index contributed by atoms with van der Waals surface area (Å²) in [6.07, 6.45) is 4.84. The van der Waals surface area contributed by atoms with Crippen molar-refractivity contribution in [3.8, 4) is 5.75 Å². The third-order valence-electron chi connectivity index (χ3n) is 5.00. The number of nitrogen functional groups attached to an aromatic ring is 1. The third kappa shape index (κ3) is 2.50. The summed E-state index contributed by atoms with van der Waals surface area (Å²) in [6, 6.07) is 7.36. The van der Waals surface area contributed by atoms with Crippen molar-refractivity contribution in [1.82, 2.24) is 24.3 Å². The number of pyridine rings is 1. The lowest BCUT2D eigenvalue weighted by Crippen LogP contribution is -2.32. The smallest absolute Gasteiger partial charge is 0.272 e. The van der Waals surface area contributed by atoms with E-state index < -0.39 is 0 Å². The first-order valence-corrected chi connectivity index (χ1v) is 9.39. The van der Waals surface area contributed by atoms with Gasteiger partial charge in [-0.05, 0) is 18.2 Å². The molecule has 1 aliphatic rings. The molecule has 0 radical (unpaired) electrons. The first kappa shape index (κ1) is 16.9. The van der Waals surface area contributed by atoms with Gasteiger partial charge in [0.15, 0.2) is 0 Å². The van der Waals surface area contributed by atoms with Crippen LogP contribution in [0.2, 0.25) is 0 Å². The number of carbonyl (C=O) groups is 1. The minimum Gasteiger partial charge on any atom is -0.491 e. The van der Waals surface area contributed by atoms with Gasteiger partial charge in [-0.2, -0.15) is 0 Å². The molecule has 8 nitrogen and oxygen atoms in total. The van der Waals surface area contributed by atoms with E-state index in [2.05, 4.69) is 30.9 Å². The molecule has 4 heterocycles. The normalized spacial score (nSPS) is 15.6. The molecule has 0 fully saturated rings. The van der Waals surface area contributed by atoms with Crippen molar-refractivity contribution in [3.05, 3.63) is 58.7 Å². The van der Waals surface area contributed by atoms with Gasteiger partial charge in [-0.1, -0.05) is 22.0 Å². The van der Waals surface area contributed by atoms with E-state index in [4.69, 9.17) is 10.5 Å². The zero-order valence-corrected chi connectivity index (χ0v) is 16.4. The lowest BCUT2D eigenvalue weighted by molar-refractivity contribution is 0.0703. The first-order valence-electron chi connectivity index (χ1n) is 8.59. The maximum atomic E-state index is 13.1. The minimum absolute atomic E-state index is 0.175. The second-order valence-electron chi connectivity index (χ2n) is 6.63. The second-order valence-corrected chi connectivity index (χ2v) is 7.54. The highest BCUT2D eigenvalue weighted by atomic mass is 79.9. The summed E-state index contributed by atoms with van der Waals surface area (Å²) in [6.45, 7) is 0.408. The average Bonchev–Trinajstić information content (AvgIpc) is 3.34. The van der Waals surface area contributed by atoms with Gasteiger partial charge < -0.3 is 15.4 Å². The van der Waals surface area contributed by atoms with Crippen LogP contribution in [0, 0.1) is 0 Å². The number of nitrogens with zero attached hydrogens (tertiary/aromatic N) is 5. The van der Waals surface area contributed by atoms with Crippen molar-refractivity contribution < 1.29 is 9.53 Å². The minimum atomic E-state index is -0.198. The first-order chi connectivity index (χ1) is 13.5. The van der Waals surface area contributed by atoms with Crippen LogP contribution in [0.4, 0.5) is 5.82 Å². The Morgan fingerprint density at radius 1 is 1.32 bits per heavy atom. The molecule has 0 bridgehead atoms. The zero-order valence-electron chi connectivity index (χ0n) is 14.8. The van der Waals surface area contributed by atoms with Gasteiger partial charge in [0.25, 0.3) is 5.91 Å². The molecule has 140 valence electrons. The highest BCUT2D eigenvalue weighted by molar-refractivity contribution is 9.10. The molecule has 28 heavy (non-hydrogen) atoms. The molecule has 9 heteroatoms. The van der Waals surface area contributed by atoms with Crippen LogP contribution in [-0.4, -0.2) is 43.8 Å². The highest BCUT2D eigenvalue weighted by Gasteiger charge is 2.31. The Morgan fingerprint density at radius 2 is 2.18 bits per heavy atom. The van der Waals surface area contributed by atoms with E-state index in [0.29, 0.717) is 29.2 Å². The number of halogens is 1. The third-order valence-corrected chi connectivity index (χ3v) is 5.49. The van der Waals surface area contributed by atoms with Crippen LogP contribution in [0.3, 0.4) is 0 Å². The highest BCUT2D eigenvalue weighted by Crippen LogP contribution is 2.37. The average molecular weight is 439 g/mol. The number of benzene rings is 1. The van der Waals surface area contributed by atoms with E-state index in [0.717, 1.165) is 21.3 Å². The molecule has 0 aliphatic carbocycles. The van der Waals surface area contributed by atoms with Crippen LogP contribution in [-0.2, 0) is 0 Å². The molecule has 0 spiro atoms. The Bertz CT molecular complexity index is 1250. The summed E-state index contributed by atoms with van der Waals surface area (Å²) in [5.41, 5.74) is 9.27. The van der Waals surface area contributed by atoms with Gasteiger partial charge in [0.05, 0.1) is 30.3 Å². The molecule has 0 saturated carbocycles. The van der Waals surface area contributed by atoms with Gasteiger partial charge in [0, 0.05) is 17.1 Å². The number of rotatable bonds is 2. The van der Waals surface area contributed by atoms with Crippen molar-refractivity contribution in [1.29, 1.82) is 0 Å².